The molecule has 27 heavy (non-hydrogen) atoms. The van der Waals surface area contributed by atoms with Crippen LogP contribution in [0.4, 0.5) is 0 Å². The first-order valence-electron chi connectivity index (χ1n) is 9.48. The molecule has 1 spiro atoms. The fourth-order valence-corrected chi connectivity index (χ4v) is 7.71. The van der Waals surface area contributed by atoms with Crippen LogP contribution >= 0.6 is 0 Å². The van der Waals surface area contributed by atoms with Gasteiger partial charge < -0.3 is 25.2 Å². The molecule has 7 heteroatoms. The lowest BCUT2D eigenvalue weighted by Gasteiger charge is -2.50. The molecule has 0 aromatic carbocycles. The van der Waals surface area contributed by atoms with E-state index < -0.39 is 51.7 Å². The molecule has 4 rings (SSSR count). The van der Waals surface area contributed by atoms with Crippen molar-refractivity contribution in [2.75, 3.05) is 0 Å². The minimum absolute atomic E-state index is 0.0745. The van der Waals surface area contributed by atoms with Crippen LogP contribution in [0.1, 0.15) is 45.4 Å². The van der Waals surface area contributed by atoms with Crippen LogP contribution in [0.25, 0.3) is 0 Å². The zero-order valence-corrected chi connectivity index (χ0v) is 15.4. The van der Waals surface area contributed by atoms with Crippen molar-refractivity contribution >= 4 is 18.2 Å². The number of aliphatic hydroxyl groups excluding tert-OH is 1. The minimum Gasteiger partial charge on any atom is -0.481 e. The summed E-state index contributed by atoms with van der Waals surface area (Å²) in [6.07, 6.45) is 1.01. The van der Waals surface area contributed by atoms with Gasteiger partial charge in [-0.1, -0.05) is 6.58 Å². The summed E-state index contributed by atoms with van der Waals surface area (Å²) in [6.45, 7) is 5.43. The number of aldehydes is 1. The molecule has 2 bridgehead atoms. The molecule has 148 valence electrons. The lowest BCUT2D eigenvalue weighted by atomic mass is 9.52. The van der Waals surface area contributed by atoms with Crippen LogP contribution in [-0.2, 0) is 14.4 Å². The predicted octanol–water partition coefficient (Wildman–Crippen LogP) is 1.23. The second kappa shape index (κ2) is 5.20. The van der Waals surface area contributed by atoms with Crippen molar-refractivity contribution in [3.05, 3.63) is 12.2 Å². The van der Waals surface area contributed by atoms with E-state index in [0.29, 0.717) is 18.4 Å². The van der Waals surface area contributed by atoms with Gasteiger partial charge in [0.15, 0.2) is 0 Å². The van der Waals surface area contributed by atoms with Gasteiger partial charge in [0, 0.05) is 11.3 Å². The number of carbonyl (C=O) groups is 3. The standard InChI is InChI=1S/C20H26O7/c1-10-5-18-8-20(10,27)4-3-12(18)19(9-21)7-11(22)6-17(2,16(25)26)14(19)13(18)15(23)24/h9,11-14,22,27H,1,3-8H2,2H3,(H,23,24)(H,25,26). The fourth-order valence-electron chi connectivity index (χ4n) is 7.71. The highest BCUT2D eigenvalue weighted by Gasteiger charge is 2.79. The maximum Gasteiger partial charge on any atom is 0.309 e. The van der Waals surface area contributed by atoms with E-state index in [0.717, 1.165) is 6.29 Å². The molecule has 0 saturated heterocycles. The Morgan fingerprint density at radius 2 is 1.93 bits per heavy atom. The number of carboxylic acids is 2. The molecule has 4 aliphatic rings. The monoisotopic (exact) mass is 378 g/mol. The second-order valence-corrected chi connectivity index (χ2v) is 9.62. The summed E-state index contributed by atoms with van der Waals surface area (Å²) in [6, 6.07) is 0. The first kappa shape index (κ1) is 18.6. The number of fused-ring (bicyclic) bond motifs is 3. The van der Waals surface area contributed by atoms with Crippen LogP contribution in [0, 0.1) is 34.0 Å². The average molecular weight is 378 g/mol. The summed E-state index contributed by atoms with van der Waals surface area (Å²) in [5.41, 5.74) is -4.23. The number of carboxylic acid groups (broad SMARTS) is 2. The van der Waals surface area contributed by atoms with Crippen molar-refractivity contribution in [3.63, 3.8) is 0 Å². The Kier molecular flexibility index (Phi) is 3.59. The van der Waals surface area contributed by atoms with Gasteiger partial charge in [-0.05, 0) is 62.4 Å². The molecular weight excluding hydrogens is 352 g/mol. The molecule has 0 amide bonds. The third-order valence-electron chi connectivity index (χ3n) is 8.45. The largest absolute Gasteiger partial charge is 0.481 e. The van der Waals surface area contributed by atoms with Crippen molar-refractivity contribution in [2.24, 2.45) is 34.0 Å². The Balaban J connectivity index is 1.99. The summed E-state index contributed by atoms with van der Waals surface area (Å²) in [5.74, 6) is -4.71. The summed E-state index contributed by atoms with van der Waals surface area (Å²) in [4.78, 5) is 37.2. The van der Waals surface area contributed by atoms with Gasteiger partial charge in [0.1, 0.15) is 6.29 Å². The summed E-state index contributed by atoms with van der Waals surface area (Å²) < 4.78 is 0. The molecule has 7 nitrogen and oxygen atoms in total. The average Bonchev–Trinajstić information content (AvgIpc) is 2.92. The lowest BCUT2D eigenvalue weighted by molar-refractivity contribution is -0.174. The molecule has 0 aliphatic heterocycles. The summed E-state index contributed by atoms with van der Waals surface area (Å²) >= 11 is 0. The molecule has 4 saturated carbocycles. The highest BCUT2D eigenvalue weighted by Crippen LogP contribution is 2.77. The number of carbonyl (C=O) groups excluding carboxylic acids is 1. The lowest BCUT2D eigenvalue weighted by Crippen LogP contribution is -2.56. The first-order valence-corrected chi connectivity index (χ1v) is 9.48. The van der Waals surface area contributed by atoms with E-state index in [1.807, 2.05) is 0 Å². The maximum absolute atomic E-state index is 12.5. The smallest absolute Gasteiger partial charge is 0.309 e. The van der Waals surface area contributed by atoms with Crippen molar-refractivity contribution in [1.29, 1.82) is 0 Å². The predicted molar refractivity (Wildman–Crippen MR) is 92.6 cm³/mol. The molecule has 0 aromatic rings. The van der Waals surface area contributed by atoms with Gasteiger partial charge in [-0.25, -0.2) is 0 Å². The van der Waals surface area contributed by atoms with Gasteiger partial charge in [-0.15, -0.1) is 0 Å². The van der Waals surface area contributed by atoms with Crippen LogP contribution in [-0.4, -0.2) is 50.4 Å². The van der Waals surface area contributed by atoms with E-state index in [-0.39, 0.29) is 31.6 Å². The van der Waals surface area contributed by atoms with Gasteiger partial charge >= 0.3 is 11.9 Å². The first-order chi connectivity index (χ1) is 12.5. The van der Waals surface area contributed by atoms with E-state index >= 15 is 0 Å². The Morgan fingerprint density at radius 1 is 1.26 bits per heavy atom. The maximum atomic E-state index is 12.5. The third-order valence-corrected chi connectivity index (χ3v) is 8.45. The number of hydrogen-bond acceptors (Lipinski definition) is 5. The Bertz CT molecular complexity index is 761. The third kappa shape index (κ3) is 1.96. The van der Waals surface area contributed by atoms with E-state index in [4.69, 9.17) is 0 Å². The van der Waals surface area contributed by atoms with Crippen LogP contribution in [0.2, 0.25) is 0 Å². The van der Waals surface area contributed by atoms with Crippen molar-refractivity contribution in [3.8, 4) is 0 Å². The topological polar surface area (TPSA) is 132 Å². The van der Waals surface area contributed by atoms with Gasteiger partial charge in [-0.2, -0.15) is 0 Å². The van der Waals surface area contributed by atoms with Crippen LogP contribution < -0.4 is 0 Å². The minimum atomic E-state index is -1.53. The van der Waals surface area contributed by atoms with Crippen LogP contribution in [0.5, 0.6) is 0 Å². The van der Waals surface area contributed by atoms with Crippen LogP contribution in [0.15, 0.2) is 12.2 Å². The second-order valence-electron chi connectivity index (χ2n) is 9.62. The molecule has 0 radical (unpaired) electrons. The number of aliphatic carboxylic acids is 2. The van der Waals surface area contributed by atoms with Gasteiger partial charge in [0.25, 0.3) is 0 Å². The number of aliphatic hydroxyl groups is 2. The zero-order valence-electron chi connectivity index (χ0n) is 15.4. The van der Waals surface area contributed by atoms with Gasteiger partial charge in [-0.3, -0.25) is 9.59 Å². The van der Waals surface area contributed by atoms with E-state index in [2.05, 4.69) is 6.58 Å². The molecule has 4 N–H and O–H groups in total. The highest BCUT2D eigenvalue weighted by atomic mass is 16.4. The van der Waals surface area contributed by atoms with Gasteiger partial charge in [0.05, 0.1) is 23.0 Å². The molecular formula is C20H26O7. The molecule has 8 atom stereocenters. The Labute approximate surface area is 157 Å². The normalized spacial score (nSPS) is 53.5. The fraction of sp³-hybridized carbons (Fsp3) is 0.750. The summed E-state index contributed by atoms with van der Waals surface area (Å²) in [5, 5.41) is 41.6. The quantitative estimate of drug-likeness (QED) is 0.429. The Hall–Kier alpha value is -1.73. The van der Waals surface area contributed by atoms with E-state index in [1.165, 1.54) is 6.92 Å². The van der Waals surface area contributed by atoms with E-state index in [9.17, 15) is 34.8 Å². The Morgan fingerprint density at radius 3 is 2.48 bits per heavy atom. The SMILES string of the molecule is C=C1CC23CC1(O)CCC2C1(C=O)CC(O)CC(C)(C(=O)O)C1C3C(=O)O. The highest BCUT2D eigenvalue weighted by molar-refractivity contribution is 5.82. The van der Waals surface area contributed by atoms with E-state index in [1.54, 1.807) is 0 Å². The molecule has 4 aliphatic carbocycles. The van der Waals surface area contributed by atoms with Crippen molar-refractivity contribution < 1.29 is 34.8 Å². The van der Waals surface area contributed by atoms with Gasteiger partial charge in [0.2, 0.25) is 0 Å². The molecule has 8 unspecified atom stereocenters. The van der Waals surface area contributed by atoms with Crippen molar-refractivity contribution in [1.82, 2.24) is 0 Å². The van der Waals surface area contributed by atoms with Crippen LogP contribution in [0.3, 0.4) is 0 Å². The summed E-state index contributed by atoms with van der Waals surface area (Å²) in [7, 11) is 0. The molecule has 0 aromatic heterocycles. The number of hydrogen-bond donors (Lipinski definition) is 4. The molecule has 4 fully saturated rings. The molecule has 0 heterocycles. The van der Waals surface area contributed by atoms with Crippen molar-refractivity contribution in [2.45, 2.75) is 57.2 Å². The zero-order chi connectivity index (χ0) is 20.0. The number of rotatable bonds is 3.